The largest absolute Gasteiger partial charge is 0.330 e. The Morgan fingerprint density at radius 3 is 3.22 bits per heavy atom. The van der Waals surface area contributed by atoms with Gasteiger partial charge in [0.1, 0.15) is 11.3 Å². The molecule has 2 aliphatic rings. The highest BCUT2D eigenvalue weighted by molar-refractivity contribution is 5.74. The topological polar surface area (TPSA) is 42.7 Å². The average molecular weight is 242 g/mol. The number of nitrogens with one attached hydrogen (secondary N) is 1. The maximum Gasteiger partial charge on any atom is 0.127 e. The van der Waals surface area contributed by atoms with Gasteiger partial charge in [-0.05, 0) is 37.3 Å². The van der Waals surface area contributed by atoms with E-state index in [-0.39, 0.29) is 0 Å². The number of imidazole rings is 1. The molecule has 4 rings (SSSR count). The number of hydrogen-bond acceptors (Lipinski definition) is 3. The summed E-state index contributed by atoms with van der Waals surface area (Å²) in [5, 5.41) is 3.67. The lowest BCUT2D eigenvalue weighted by Crippen LogP contribution is -2.21. The summed E-state index contributed by atoms with van der Waals surface area (Å²) in [6.07, 6.45) is 7.83. The van der Waals surface area contributed by atoms with Crippen LogP contribution < -0.4 is 5.32 Å². The molecule has 0 aromatic carbocycles. The van der Waals surface area contributed by atoms with Crippen molar-refractivity contribution >= 4 is 11.0 Å². The molecule has 0 radical (unpaired) electrons. The first-order valence-electron chi connectivity index (χ1n) is 6.84. The number of nitrogens with zero attached hydrogens (tertiary/aromatic N) is 3. The molecule has 18 heavy (non-hydrogen) atoms. The number of pyridine rings is 1. The van der Waals surface area contributed by atoms with Crippen molar-refractivity contribution in [3.8, 4) is 0 Å². The minimum absolute atomic E-state index is 0.440. The van der Waals surface area contributed by atoms with E-state index in [1.54, 1.807) is 0 Å². The van der Waals surface area contributed by atoms with Crippen LogP contribution in [0.4, 0.5) is 0 Å². The summed E-state index contributed by atoms with van der Waals surface area (Å²) in [6.45, 7) is 1.16. The Morgan fingerprint density at radius 1 is 1.39 bits per heavy atom. The Balaban J connectivity index is 1.80. The Hall–Kier alpha value is -1.42. The molecule has 4 nitrogen and oxygen atoms in total. The first-order valence-corrected chi connectivity index (χ1v) is 6.84. The van der Waals surface area contributed by atoms with E-state index >= 15 is 0 Å². The molecule has 3 heterocycles. The molecule has 4 heteroatoms. The van der Waals surface area contributed by atoms with Crippen molar-refractivity contribution in [1.29, 1.82) is 0 Å². The fourth-order valence-corrected chi connectivity index (χ4v) is 3.82. The molecule has 2 aromatic rings. The standard InChI is InChI=1S/C14H18N4/c1-18-12-5-6-15-8-11(12)17-14(18)13-10-4-2-3-9(10)7-16-13/h5-6,8-10,13,16H,2-4,7H2,1H3. The van der Waals surface area contributed by atoms with Crippen molar-refractivity contribution in [3.05, 3.63) is 24.3 Å². The van der Waals surface area contributed by atoms with Crippen LogP contribution >= 0.6 is 0 Å². The minimum Gasteiger partial charge on any atom is -0.330 e. The van der Waals surface area contributed by atoms with Crippen LogP contribution in [0, 0.1) is 11.8 Å². The van der Waals surface area contributed by atoms with E-state index in [1.807, 2.05) is 18.5 Å². The van der Waals surface area contributed by atoms with E-state index in [2.05, 4.69) is 21.9 Å². The Kier molecular flexibility index (Phi) is 2.21. The zero-order chi connectivity index (χ0) is 12.1. The van der Waals surface area contributed by atoms with Crippen LogP contribution in [0.3, 0.4) is 0 Å². The summed E-state index contributed by atoms with van der Waals surface area (Å²) in [6, 6.07) is 2.49. The lowest BCUT2D eigenvalue weighted by molar-refractivity contribution is 0.402. The van der Waals surface area contributed by atoms with Crippen LogP contribution in [0.25, 0.3) is 11.0 Å². The van der Waals surface area contributed by atoms with Crippen LogP contribution in [0.2, 0.25) is 0 Å². The highest BCUT2D eigenvalue weighted by atomic mass is 15.1. The SMILES string of the molecule is Cn1c(C2NCC3CCCC32)nc2cnccc21. The molecule has 3 atom stereocenters. The smallest absolute Gasteiger partial charge is 0.127 e. The van der Waals surface area contributed by atoms with Crippen molar-refractivity contribution in [2.75, 3.05) is 6.54 Å². The van der Waals surface area contributed by atoms with E-state index < -0.39 is 0 Å². The third-order valence-electron chi connectivity index (χ3n) is 4.74. The normalized spacial score (nSPS) is 31.1. The summed E-state index contributed by atoms with van der Waals surface area (Å²) < 4.78 is 2.23. The van der Waals surface area contributed by atoms with Gasteiger partial charge in [-0.25, -0.2) is 4.98 Å². The van der Waals surface area contributed by atoms with Crippen LogP contribution in [0.5, 0.6) is 0 Å². The van der Waals surface area contributed by atoms with E-state index in [1.165, 1.54) is 30.6 Å². The zero-order valence-electron chi connectivity index (χ0n) is 10.6. The molecular weight excluding hydrogens is 224 g/mol. The average Bonchev–Trinajstić information content (AvgIpc) is 3.04. The fourth-order valence-electron chi connectivity index (χ4n) is 3.82. The third-order valence-corrected chi connectivity index (χ3v) is 4.74. The molecule has 1 saturated carbocycles. The highest BCUT2D eigenvalue weighted by Gasteiger charge is 2.41. The van der Waals surface area contributed by atoms with Crippen molar-refractivity contribution in [3.63, 3.8) is 0 Å². The van der Waals surface area contributed by atoms with Crippen LogP contribution in [0.15, 0.2) is 18.5 Å². The quantitative estimate of drug-likeness (QED) is 0.832. The van der Waals surface area contributed by atoms with E-state index in [9.17, 15) is 0 Å². The van der Waals surface area contributed by atoms with Crippen LogP contribution in [-0.2, 0) is 7.05 Å². The number of aromatic nitrogens is 3. The summed E-state index contributed by atoms with van der Waals surface area (Å²) in [5.74, 6) is 2.84. The molecule has 1 N–H and O–H groups in total. The second-order valence-electron chi connectivity index (χ2n) is 5.63. The van der Waals surface area contributed by atoms with Crippen LogP contribution in [-0.4, -0.2) is 21.1 Å². The maximum atomic E-state index is 4.79. The summed E-state index contributed by atoms with van der Waals surface area (Å²) in [4.78, 5) is 8.96. The molecule has 0 amide bonds. The van der Waals surface area contributed by atoms with Gasteiger partial charge in [0, 0.05) is 13.2 Å². The van der Waals surface area contributed by atoms with Gasteiger partial charge in [-0.15, -0.1) is 0 Å². The lowest BCUT2D eigenvalue weighted by Gasteiger charge is -2.17. The predicted octanol–water partition coefficient (Wildman–Crippen LogP) is 2.03. The van der Waals surface area contributed by atoms with Gasteiger partial charge in [0.15, 0.2) is 0 Å². The molecule has 0 bridgehead atoms. The molecular formula is C14H18N4. The predicted molar refractivity (Wildman–Crippen MR) is 70.1 cm³/mol. The number of rotatable bonds is 1. The number of hydrogen-bond donors (Lipinski definition) is 1. The first kappa shape index (κ1) is 10.5. The highest BCUT2D eigenvalue weighted by Crippen LogP contribution is 2.44. The molecule has 0 spiro atoms. The van der Waals surface area contributed by atoms with E-state index in [0.29, 0.717) is 6.04 Å². The van der Waals surface area contributed by atoms with E-state index in [4.69, 9.17) is 4.98 Å². The number of fused-ring (bicyclic) bond motifs is 2. The Morgan fingerprint density at radius 2 is 2.33 bits per heavy atom. The zero-order valence-corrected chi connectivity index (χ0v) is 10.6. The molecule has 1 aliphatic carbocycles. The van der Waals surface area contributed by atoms with Crippen molar-refractivity contribution in [2.45, 2.75) is 25.3 Å². The van der Waals surface area contributed by atoms with Crippen molar-refractivity contribution in [2.24, 2.45) is 18.9 Å². The van der Waals surface area contributed by atoms with Crippen molar-refractivity contribution < 1.29 is 0 Å². The van der Waals surface area contributed by atoms with E-state index in [0.717, 1.165) is 23.9 Å². The van der Waals surface area contributed by atoms with Gasteiger partial charge in [-0.3, -0.25) is 4.98 Å². The molecule has 1 aliphatic heterocycles. The summed E-state index contributed by atoms with van der Waals surface area (Å²) >= 11 is 0. The molecule has 94 valence electrons. The van der Waals surface area contributed by atoms with Gasteiger partial charge < -0.3 is 9.88 Å². The minimum atomic E-state index is 0.440. The monoisotopic (exact) mass is 242 g/mol. The second kappa shape index (κ2) is 3.79. The summed E-state index contributed by atoms with van der Waals surface area (Å²) in [7, 11) is 2.12. The van der Waals surface area contributed by atoms with Gasteiger partial charge in [0.05, 0.1) is 17.8 Å². The lowest BCUT2D eigenvalue weighted by atomic mass is 9.94. The van der Waals surface area contributed by atoms with Gasteiger partial charge >= 0.3 is 0 Å². The van der Waals surface area contributed by atoms with Gasteiger partial charge in [0.2, 0.25) is 0 Å². The van der Waals surface area contributed by atoms with Crippen molar-refractivity contribution in [1.82, 2.24) is 19.9 Å². The fraction of sp³-hybridized carbons (Fsp3) is 0.571. The Bertz CT molecular complexity index is 588. The summed E-state index contributed by atoms with van der Waals surface area (Å²) in [5.41, 5.74) is 2.20. The number of aryl methyl sites for hydroxylation is 1. The molecule has 3 unspecified atom stereocenters. The van der Waals surface area contributed by atoms with Crippen LogP contribution in [0.1, 0.15) is 31.1 Å². The Labute approximate surface area is 106 Å². The maximum absolute atomic E-state index is 4.79. The second-order valence-corrected chi connectivity index (χ2v) is 5.63. The molecule has 2 fully saturated rings. The van der Waals surface area contributed by atoms with Gasteiger partial charge in [-0.2, -0.15) is 0 Å². The van der Waals surface area contributed by atoms with Gasteiger partial charge in [-0.1, -0.05) is 6.42 Å². The molecule has 1 saturated heterocycles. The molecule has 2 aromatic heterocycles. The third kappa shape index (κ3) is 1.35. The van der Waals surface area contributed by atoms with Gasteiger partial charge in [0.25, 0.3) is 0 Å². The first-order chi connectivity index (χ1) is 8.84.